The molecule has 0 saturated carbocycles. The first-order valence-electron chi connectivity index (χ1n) is 20.1. The van der Waals surface area contributed by atoms with E-state index in [2.05, 4.69) is 40.5 Å². The first-order valence-corrected chi connectivity index (χ1v) is 20.1. The summed E-state index contributed by atoms with van der Waals surface area (Å²) in [5, 5.41) is 21.7. The van der Waals surface area contributed by atoms with Gasteiger partial charge >= 0.3 is 12.1 Å². The van der Waals surface area contributed by atoms with E-state index in [0.717, 1.165) is 38.4 Å². The zero-order valence-corrected chi connectivity index (χ0v) is 34.1. The van der Waals surface area contributed by atoms with E-state index < -0.39 is 15.9 Å². The molecule has 0 unspecified atom stereocenters. The molecule has 1 amide bonds. The second kappa shape index (κ2) is 21.5. The van der Waals surface area contributed by atoms with Gasteiger partial charge in [0, 0.05) is 74.0 Å². The summed E-state index contributed by atoms with van der Waals surface area (Å²) in [6.07, 6.45) is 11.4. The second-order valence-electron chi connectivity index (χ2n) is 14.5. The van der Waals surface area contributed by atoms with Crippen molar-refractivity contribution in [1.82, 2.24) is 33.8 Å². The number of rotatable bonds is 9. The Morgan fingerprint density at radius 3 is 1.69 bits per heavy atom. The van der Waals surface area contributed by atoms with E-state index in [9.17, 15) is 29.8 Å². The lowest BCUT2D eigenvalue weighted by molar-refractivity contribution is -0.385. The van der Waals surface area contributed by atoms with E-state index in [-0.39, 0.29) is 23.4 Å². The highest BCUT2D eigenvalue weighted by molar-refractivity contribution is 5.78. The van der Waals surface area contributed by atoms with Crippen LogP contribution >= 0.6 is 0 Å². The average Bonchev–Trinajstić information content (AvgIpc) is 3.99. The number of benzene rings is 3. The molecule has 2 saturated heterocycles. The standard InChI is InChI=1S/C18H23N5O3.C16H11N3O4.C9H19N/c1-3-21-9-7-15(8-10-21)20(2)18(24)22-12-17(19-13-22)14-5-4-6-16(11-14)23(25)26;20-16(23-14-7-2-1-3-8-14)18-10-15(17-11-18)12-5-4-6-13(9-12)19(21)22;1-3-9-5-7-10(4-2)8-6-9/h4-6,11-13,15H,3,7-10H2,1-2H3;1-11H;9H,3-8H2,1-2H3. The van der Waals surface area contributed by atoms with Crippen LogP contribution in [0.2, 0.25) is 0 Å². The van der Waals surface area contributed by atoms with Crippen LogP contribution in [0.15, 0.2) is 104 Å². The fourth-order valence-corrected chi connectivity index (χ4v) is 7.02. The predicted molar refractivity (Wildman–Crippen MR) is 225 cm³/mol. The van der Waals surface area contributed by atoms with Crippen molar-refractivity contribution in [2.75, 3.05) is 46.3 Å². The van der Waals surface area contributed by atoms with E-state index in [1.54, 1.807) is 59.6 Å². The van der Waals surface area contributed by atoms with Gasteiger partial charge in [-0.15, -0.1) is 0 Å². The Labute approximate surface area is 344 Å². The summed E-state index contributed by atoms with van der Waals surface area (Å²) in [5.74, 6) is 1.45. The zero-order chi connectivity index (χ0) is 42.3. The smallest absolute Gasteiger partial charge is 0.410 e. The maximum Gasteiger partial charge on any atom is 0.424 e. The second-order valence-corrected chi connectivity index (χ2v) is 14.5. The number of ether oxygens (including phenoxy) is 1. The SMILES string of the molecule is CCC1CCN(CC)CC1.CCN1CCC(N(C)C(=O)n2cnc(-c3cccc([N+](=O)[O-])c3)c2)CC1.O=C(Oc1ccccc1)n1cnc(-c2cccc([N+](=O)[O-])c2)c1. The van der Waals surface area contributed by atoms with E-state index in [4.69, 9.17) is 4.74 Å². The number of nitro benzene ring substituents is 2. The van der Waals surface area contributed by atoms with Gasteiger partial charge in [-0.2, -0.15) is 0 Å². The average molecular weight is 808 g/mol. The van der Waals surface area contributed by atoms with Crippen LogP contribution in [0.3, 0.4) is 0 Å². The molecule has 0 spiro atoms. The number of likely N-dealkylation sites (tertiary alicyclic amines) is 2. The van der Waals surface area contributed by atoms with Crippen LogP contribution in [0.4, 0.5) is 21.0 Å². The quantitative estimate of drug-likeness (QED) is 0.103. The van der Waals surface area contributed by atoms with Gasteiger partial charge in [0.05, 0.1) is 21.2 Å². The van der Waals surface area contributed by atoms with Gasteiger partial charge < -0.3 is 19.4 Å². The molecule has 16 heteroatoms. The number of hydrogen-bond donors (Lipinski definition) is 0. The molecule has 7 rings (SSSR count). The van der Waals surface area contributed by atoms with Gasteiger partial charge in [-0.25, -0.2) is 24.1 Å². The van der Waals surface area contributed by atoms with Gasteiger partial charge in [-0.3, -0.25) is 24.8 Å². The molecule has 3 aromatic carbocycles. The van der Waals surface area contributed by atoms with E-state index in [0.29, 0.717) is 28.3 Å². The summed E-state index contributed by atoms with van der Waals surface area (Å²) in [7, 11) is 1.82. The van der Waals surface area contributed by atoms with Crippen LogP contribution in [0.5, 0.6) is 5.75 Å². The molecule has 5 aromatic rings. The number of hydrogen-bond acceptors (Lipinski definition) is 11. The number of piperidine rings is 2. The van der Waals surface area contributed by atoms with Crippen LogP contribution in [0.25, 0.3) is 22.5 Å². The van der Waals surface area contributed by atoms with Crippen LogP contribution in [0, 0.1) is 26.1 Å². The highest BCUT2D eigenvalue weighted by Gasteiger charge is 2.26. The minimum atomic E-state index is -0.611. The molecule has 2 aliphatic rings. The normalized spacial score (nSPS) is 14.9. The molecule has 0 N–H and O–H groups in total. The Hall–Kier alpha value is -6.26. The summed E-state index contributed by atoms with van der Waals surface area (Å²) < 4.78 is 7.81. The molecule has 16 nitrogen and oxygen atoms in total. The first kappa shape index (κ1) is 43.9. The van der Waals surface area contributed by atoms with E-state index in [1.165, 1.54) is 91.1 Å². The summed E-state index contributed by atoms with van der Waals surface area (Å²) in [6, 6.07) is 21.0. The predicted octanol–water partition coefficient (Wildman–Crippen LogP) is 8.48. The van der Waals surface area contributed by atoms with Crippen molar-refractivity contribution in [2.24, 2.45) is 5.92 Å². The van der Waals surface area contributed by atoms with Crippen LogP contribution in [0.1, 0.15) is 52.9 Å². The highest BCUT2D eigenvalue weighted by Crippen LogP contribution is 2.25. The number of para-hydroxylation sites is 1. The minimum absolute atomic E-state index is 0.00294. The van der Waals surface area contributed by atoms with Crippen molar-refractivity contribution >= 4 is 23.5 Å². The first-order chi connectivity index (χ1) is 28.5. The Bertz CT molecular complexity index is 2130. The van der Waals surface area contributed by atoms with Crippen molar-refractivity contribution in [3.8, 4) is 28.3 Å². The molecule has 2 aromatic heterocycles. The molecule has 0 bridgehead atoms. The van der Waals surface area contributed by atoms with Gasteiger partial charge in [0.2, 0.25) is 0 Å². The molecule has 0 radical (unpaired) electrons. The Morgan fingerprint density at radius 1 is 0.712 bits per heavy atom. The van der Waals surface area contributed by atoms with Gasteiger partial charge in [0.15, 0.2) is 0 Å². The minimum Gasteiger partial charge on any atom is -0.410 e. The number of carbonyl (C=O) groups excluding carboxylic acids is 2. The van der Waals surface area contributed by atoms with Gasteiger partial charge in [-0.05, 0) is 69.9 Å². The monoisotopic (exact) mass is 807 g/mol. The van der Waals surface area contributed by atoms with Gasteiger partial charge in [0.25, 0.3) is 11.4 Å². The third kappa shape index (κ3) is 12.4. The molecular weight excluding hydrogens is 755 g/mol. The topological polar surface area (TPSA) is 175 Å². The third-order valence-electron chi connectivity index (χ3n) is 10.8. The van der Waals surface area contributed by atoms with Crippen LogP contribution in [-0.2, 0) is 0 Å². The number of amides is 1. The molecule has 2 fully saturated rings. The number of non-ortho nitro benzene ring substituents is 2. The lowest BCUT2D eigenvalue weighted by atomic mass is 9.95. The lowest BCUT2D eigenvalue weighted by Gasteiger charge is -2.36. The maximum absolute atomic E-state index is 12.7. The number of aromatic nitrogens is 4. The van der Waals surface area contributed by atoms with Gasteiger partial charge in [0.1, 0.15) is 18.4 Å². The largest absolute Gasteiger partial charge is 0.424 e. The fraction of sp³-hybridized carbons (Fsp3) is 0.395. The number of carbonyl (C=O) groups is 2. The van der Waals surface area contributed by atoms with Crippen molar-refractivity contribution in [1.29, 1.82) is 0 Å². The van der Waals surface area contributed by atoms with E-state index in [1.807, 2.05) is 13.1 Å². The number of nitrogens with zero attached hydrogens (tertiary/aromatic N) is 9. The van der Waals surface area contributed by atoms with Crippen molar-refractivity contribution in [3.05, 3.63) is 124 Å². The van der Waals surface area contributed by atoms with Crippen molar-refractivity contribution in [2.45, 2.75) is 58.9 Å². The summed E-state index contributed by atoms with van der Waals surface area (Å²) in [6.45, 7) is 13.7. The fourth-order valence-electron chi connectivity index (χ4n) is 7.02. The summed E-state index contributed by atoms with van der Waals surface area (Å²) in [4.78, 5) is 60.6. The van der Waals surface area contributed by atoms with Crippen molar-refractivity contribution in [3.63, 3.8) is 0 Å². The molecule has 312 valence electrons. The zero-order valence-electron chi connectivity index (χ0n) is 34.1. The van der Waals surface area contributed by atoms with Gasteiger partial charge in [-0.1, -0.05) is 69.7 Å². The molecule has 0 atom stereocenters. The maximum atomic E-state index is 12.7. The molecule has 59 heavy (non-hydrogen) atoms. The van der Waals surface area contributed by atoms with Crippen LogP contribution in [-0.4, -0.2) is 108 Å². The molecular formula is C43H53N9O7. The Morgan fingerprint density at radius 2 is 1.20 bits per heavy atom. The molecule has 2 aliphatic heterocycles. The van der Waals surface area contributed by atoms with E-state index >= 15 is 0 Å². The highest BCUT2D eigenvalue weighted by atomic mass is 16.6. The van der Waals surface area contributed by atoms with Crippen LogP contribution < -0.4 is 4.74 Å². The number of imidazole rings is 2. The third-order valence-corrected chi connectivity index (χ3v) is 10.8. The summed E-state index contributed by atoms with van der Waals surface area (Å²) >= 11 is 0. The molecule has 0 aliphatic carbocycles. The Kier molecular flexibility index (Phi) is 16.0. The lowest BCUT2D eigenvalue weighted by Crippen LogP contribution is -2.46. The van der Waals surface area contributed by atoms with Crippen molar-refractivity contribution < 1.29 is 24.2 Å². The Balaban J connectivity index is 0.000000183. The number of nitro groups is 2. The molecule has 4 heterocycles. The summed E-state index contributed by atoms with van der Waals surface area (Å²) in [5.41, 5.74) is 2.11.